The van der Waals surface area contributed by atoms with Crippen LogP contribution >= 0.6 is 0 Å². The summed E-state index contributed by atoms with van der Waals surface area (Å²) in [5, 5.41) is 6.01. The number of aromatic nitrogens is 4. The van der Waals surface area contributed by atoms with E-state index in [1.54, 1.807) is 18.2 Å². The number of halogens is 1. The van der Waals surface area contributed by atoms with Crippen LogP contribution in [0, 0.1) is 5.82 Å². The fourth-order valence-corrected chi connectivity index (χ4v) is 3.35. The molecule has 8 nitrogen and oxygen atoms in total. The molecule has 28 heavy (non-hydrogen) atoms. The van der Waals surface area contributed by atoms with E-state index in [0.717, 1.165) is 12.5 Å². The Kier molecular flexibility index (Phi) is 4.19. The molecular weight excluding hydrogens is 385 g/mol. The maximum Gasteiger partial charge on any atom is 0.273 e. The first-order valence-corrected chi connectivity index (χ1v) is 10.0. The van der Waals surface area contributed by atoms with E-state index < -0.39 is 15.7 Å². The summed E-state index contributed by atoms with van der Waals surface area (Å²) >= 11 is 0. The highest BCUT2D eigenvalue weighted by Gasteiger charge is 2.12. The zero-order chi connectivity index (χ0) is 19.9. The fourth-order valence-electron chi connectivity index (χ4n) is 2.72. The SMILES string of the molecule is CS(=O)(=O)c1ccc(-n2[nH]c(=O)c3cnc(Nc4ccc(F)cn4)cc32)cc1. The number of hydrogen-bond acceptors (Lipinski definition) is 6. The Morgan fingerprint density at radius 1 is 1.04 bits per heavy atom. The summed E-state index contributed by atoms with van der Waals surface area (Å²) in [4.78, 5) is 20.5. The van der Waals surface area contributed by atoms with Crippen molar-refractivity contribution in [2.75, 3.05) is 11.6 Å². The van der Waals surface area contributed by atoms with E-state index in [0.29, 0.717) is 28.2 Å². The fraction of sp³-hybridized carbons (Fsp3) is 0.0556. The summed E-state index contributed by atoms with van der Waals surface area (Å²) in [5.41, 5.74) is 0.787. The number of nitrogens with one attached hydrogen (secondary N) is 2. The zero-order valence-electron chi connectivity index (χ0n) is 14.5. The Morgan fingerprint density at radius 2 is 1.75 bits per heavy atom. The Labute approximate surface area is 158 Å². The molecule has 3 aromatic heterocycles. The van der Waals surface area contributed by atoms with Crippen LogP contribution in [0.15, 0.2) is 64.5 Å². The second kappa shape index (κ2) is 6.57. The summed E-state index contributed by atoms with van der Waals surface area (Å²) in [6.45, 7) is 0. The number of sulfone groups is 1. The number of pyridine rings is 2. The highest BCUT2D eigenvalue weighted by Crippen LogP contribution is 2.21. The normalized spacial score (nSPS) is 11.6. The quantitative estimate of drug-likeness (QED) is 0.545. The van der Waals surface area contributed by atoms with Gasteiger partial charge in [0.1, 0.15) is 17.5 Å². The monoisotopic (exact) mass is 399 g/mol. The van der Waals surface area contributed by atoms with Gasteiger partial charge in [0.2, 0.25) is 0 Å². The molecule has 4 rings (SSSR count). The van der Waals surface area contributed by atoms with E-state index in [1.807, 2.05) is 0 Å². The highest BCUT2D eigenvalue weighted by atomic mass is 32.2. The van der Waals surface area contributed by atoms with E-state index in [1.165, 1.54) is 35.1 Å². The molecule has 0 saturated carbocycles. The van der Waals surface area contributed by atoms with E-state index in [2.05, 4.69) is 20.4 Å². The van der Waals surface area contributed by atoms with Crippen molar-refractivity contribution < 1.29 is 12.8 Å². The third-order valence-corrected chi connectivity index (χ3v) is 5.22. The molecule has 0 atom stereocenters. The number of H-pyrrole nitrogens is 1. The molecular formula is C18H14FN5O3S. The van der Waals surface area contributed by atoms with Gasteiger partial charge in [0, 0.05) is 18.5 Å². The van der Waals surface area contributed by atoms with Crippen LogP contribution in [0.3, 0.4) is 0 Å². The number of hydrogen-bond donors (Lipinski definition) is 2. The molecule has 1 aromatic carbocycles. The lowest BCUT2D eigenvalue weighted by atomic mass is 10.3. The highest BCUT2D eigenvalue weighted by molar-refractivity contribution is 7.90. The Hall–Kier alpha value is -3.53. The van der Waals surface area contributed by atoms with Gasteiger partial charge in [-0.25, -0.2) is 22.8 Å². The van der Waals surface area contributed by atoms with Crippen LogP contribution in [-0.4, -0.2) is 34.4 Å². The van der Waals surface area contributed by atoms with Crippen LogP contribution < -0.4 is 10.9 Å². The molecule has 4 aromatic rings. The molecule has 2 N–H and O–H groups in total. The van der Waals surface area contributed by atoms with Gasteiger partial charge in [0.25, 0.3) is 5.56 Å². The minimum Gasteiger partial charge on any atom is -0.325 e. The molecule has 0 saturated heterocycles. The molecule has 0 radical (unpaired) electrons. The molecule has 0 fully saturated rings. The predicted octanol–water partition coefficient (Wildman–Crippen LogP) is 2.40. The van der Waals surface area contributed by atoms with Gasteiger partial charge >= 0.3 is 0 Å². The molecule has 0 bridgehead atoms. The summed E-state index contributed by atoms with van der Waals surface area (Å²) in [7, 11) is -3.32. The first-order valence-electron chi connectivity index (χ1n) is 8.11. The van der Waals surface area contributed by atoms with Crippen LogP contribution in [0.5, 0.6) is 0 Å². The van der Waals surface area contributed by atoms with Crippen LogP contribution in [0.4, 0.5) is 16.0 Å². The molecule has 3 heterocycles. The van der Waals surface area contributed by atoms with Gasteiger partial charge in [-0.3, -0.25) is 14.6 Å². The third kappa shape index (κ3) is 3.37. The van der Waals surface area contributed by atoms with E-state index >= 15 is 0 Å². The molecule has 0 aliphatic carbocycles. The van der Waals surface area contributed by atoms with Crippen molar-refractivity contribution in [1.29, 1.82) is 0 Å². The molecule has 0 aliphatic rings. The summed E-state index contributed by atoms with van der Waals surface area (Å²) in [6.07, 6.45) is 3.62. The molecule has 0 spiro atoms. The molecule has 0 amide bonds. The number of fused-ring (bicyclic) bond motifs is 1. The minimum absolute atomic E-state index is 0.182. The molecule has 0 unspecified atom stereocenters. The lowest BCUT2D eigenvalue weighted by Gasteiger charge is -2.08. The largest absolute Gasteiger partial charge is 0.325 e. The number of anilines is 2. The lowest BCUT2D eigenvalue weighted by Crippen LogP contribution is -2.04. The van der Waals surface area contributed by atoms with Crippen molar-refractivity contribution in [3.8, 4) is 5.69 Å². The standard InChI is InChI=1S/C18H14FN5O3S/c1-28(26,27)13-5-3-12(4-6-13)24-15-8-17(21-10-14(15)18(25)23-24)22-16-7-2-11(19)9-20-16/h2-10H,1H3,(H,23,25)(H,20,21,22). The number of nitrogens with zero attached hydrogens (tertiary/aromatic N) is 3. The van der Waals surface area contributed by atoms with Crippen molar-refractivity contribution in [1.82, 2.24) is 19.7 Å². The molecule has 10 heteroatoms. The van der Waals surface area contributed by atoms with Crippen molar-refractivity contribution in [3.05, 3.63) is 71.0 Å². The molecule has 0 aliphatic heterocycles. The van der Waals surface area contributed by atoms with E-state index in [9.17, 15) is 17.6 Å². The second-order valence-corrected chi connectivity index (χ2v) is 8.13. The predicted molar refractivity (Wildman–Crippen MR) is 102 cm³/mol. The van der Waals surface area contributed by atoms with Crippen LogP contribution in [0.2, 0.25) is 0 Å². The van der Waals surface area contributed by atoms with Crippen molar-refractivity contribution in [2.24, 2.45) is 0 Å². The maximum absolute atomic E-state index is 13.0. The van der Waals surface area contributed by atoms with Gasteiger partial charge in [-0.2, -0.15) is 0 Å². The minimum atomic E-state index is -3.32. The average molecular weight is 399 g/mol. The smallest absolute Gasteiger partial charge is 0.273 e. The third-order valence-electron chi connectivity index (χ3n) is 4.09. The van der Waals surface area contributed by atoms with Gasteiger partial charge in [-0.05, 0) is 36.4 Å². The van der Waals surface area contributed by atoms with Crippen LogP contribution in [0.1, 0.15) is 0 Å². The van der Waals surface area contributed by atoms with Gasteiger partial charge in [0.05, 0.1) is 27.7 Å². The maximum atomic E-state index is 13.0. The van der Waals surface area contributed by atoms with Gasteiger partial charge in [-0.1, -0.05) is 0 Å². The van der Waals surface area contributed by atoms with Crippen molar-refractivity contribution >= 4 is 32.4 Å². The zero-order valence-corrected chi connectivity index (χ0v) is 15.4. The van der Waals surface area contributed by atoms with Crippen molar-refractivity contribution in [2.45, 2.75) is 4.90 Å². The topological polar surface area (TPSA) is 110 Å². The van der Waals surface area contributed by atoms with E-state index in [-0.39, 0.29) is 10.5 Å². The summed E-state index contributed by atoms with van der Waals surface area (Å²) < 4.78 is 37.8. The van der Waals surface area contributed by atoms with Gasteiger partial charge in [-0.15, -0.1) is 0 Å². The van der Waals surface area contributed by atoms with Gasteiger partial charge < -0.3 is 5.32 Å². The number of rotatable bonds is 4. The molecule has 142 valence electrons. The van der Waals surface area contributed by atoms with Crippen LogP contribution in [-0.2, 0) is 9.84 Å². The first-order chi connectivity index (χ1) is 13.3. The Balaban J connectivity index is 1.76. The van der Waals surface area contributed by atoms with Gasteiger partial charge in [0.15, 0.2) is 9.84 Å². The Bertz CT molecular complexity index is 1330. The van der Waals surface area contributed by atoms with E-state index in [4.69, 9.17) is 0 Å². The Morgan fingerprint density at radius 3 is 2.39 bits per heavy atom. The summed E-state index contributed by atoms with van der Waals surface area (Å²) in [6, 6.07) is 10.5. The summed E-state index contributed by atoms with van der Waals surface area (Å²) in [5.74, 6) is 0.355. The van der Waals surface area contributed by atoms with Crippen LogP contribution in [0.25, 0.3) is 16.6 Å². The number of aromatic amines is 1. The first kappa shape index (κ1) is 17.9. The lowest BCUT2D eigenvalue weighted by molar-refractivity contribution is 0.602. The number of benzene rings is 1. The second-order valence-electron chi connectivity index (χ2n) is 6.12. The van der Waals surface area contributed by atoms with Crippen molar-refractivity contribution in [3.63, 3.8) is 0 Å². The average Bonchev–Trinajstić information content (AvgIpc) is 2.99.